The van der Waals surface area contributed by atoms with Crippen molar-refractivity contribution in [2.24, 2.45) is 0 Å². The highest BCUT2D eigenvalue weighted by Gasteiger charge is 2.33. The fraction of sp³-hybridized carbons (Fsp3) is 0.295. The van der Waals surface area contributed by atoms with E-state index in [0.29, 0.717) is 19.5 Å². The number of guanidine groups is 1. The average Bonchev–Trinajstić information content (AvgIpc) is 3.39. The molecule has 1 aliphatic heterocycles. The molecule has 0 radical (unpaired) electrons. The summed E-state index contributed by atoms with van der Waals surface area (Å²) in [6, 6.07) is 37.3. The Bertz CT molecular complexity index is 1860. The van der Waals surface area contributed by atoms with Crippen LogP contribution in [0.4, 0.5) is 14.4 Å². The van der Waals surface area contributed by atoms with Crippen molar-refractivity contribution in [3.63, 3.8) is 0 Å². The monoisotopic (exact) mass is 774 g/mol. The lowest BCUT2D eigenvalue weighted by molar-refractivity contribution is -0.133. The van der Waals surface area contributed by atoms with Crippen LogP contribution >= 0.6 is 0 Å². The molecule has 4 N–H and O–H groups in total. The lowest BCUT2D eigenvalue weighted by Gasteiger charge is -2.30. The van der Waals surface area contributed by atoms with Gasteiger partial charge in [0.25, 0.3) is 0 Å². The molecule has 1 unspecified atom stereocenters. The lowest BCUT2D eigenvalue weighted by Crippen LogP contribution is -2.50. The van der Waals surface area contributed by atoms with E-state index in [0.717, 1.165) is 27.2 Å². The third-order valence-electron chi connectivity index (χ3n) is 9.43. The first-order chi connectivity index (χ1) is 27.8. The summed E-state index contributed by atoms with van der Waals surface area (Å²) in [6.07, 6.45) is 0.211. The maximum atomic E-state index is 14.4. The van der Waals surface area contributed by atoms with Gasteiger partial charge in [0.2, 0.25) is 11.9 Å². The topological polar surface area (TPSA) is 162 Å². The summed E-state index contributed by atoms with van der Waals surface area (Å²) in [5.41, 5.74) is 3.66. The zero-order chi connectivity index (χ0) is 40.2. The van der Waals surface area contributed by atoms with Gasteiger partial charge in [0.05, 0.1) is 6.04 Å². The quantitative estimate of drug-likeness (QED) is 0.0430. The number of benzene rings is 4. The highest BCUT2D eigenvalue weighted by atomic mass is 16.6. The van der Waals surface area contributed by atoms with Crippen molar-refractivity contribution in [3.05, 3.63) is 156 Å². The number of hydrogen-bond donors (Lipinski definition) is 4. The molecule has 57 heavy (non-hydrogen) atoms. The summed E-state index contributed by atoms with van der Waals surface area (Å²) >= 11 is 0. The predicted molar refractivity (Wildman–Crippen MR) is 216 cm³/mol. The fourth-order valence-corrected chi connectivity index (χ4v) is 6.49. The number of nitrogens with one attached hydrogen (secondary N) is 4. The second kappa shape index (κ2) is 22.2. The maximum absolute atomic E-state index is 14.4. The van der Waals surface area contributed by atoms with Crippen molar-refractivity contribution in [2.45, 2.75) is 50.5 Å². The molecule has 13 heteroatoms. The van der Waals surface area contributed by atoms with E-state index in [2.05, 4.69) is 46.8 Å². The SMILES string of the molecule is C=CCOC(=O)NCC1CCN(CC(c2ccccc2)c2ccccc2)C(=O)[C@H](CCCN(C(=N)NC(=O)OCc2ccccc2)C(=O)OCc2ccccc2)N1. The van der Waals surface area contributed by atoms with Gasteiger partial charge in [0.1, 0.15) is 19.8 Å². The van der Waals surface area contributed by atoms with Crippen LogP contribution < -0.4 is 16.0 Å². The van der Waals surface area contributed by atoms with Gasteiger partial charge in [0, 0.05) is 38.1 Å². The lowest BCUT2D eigenvalue weighted by atomic mass is 9.90. The Hall–Kier alpha value is -6.47. The predicted octanol–water partition coefficient (Wildman–Crippen LogP) is 6.57. The number of hydrogen-bond acceptors (Lipinski definition) is 9. The minimum atomic E-state index is -0.908. The number of amides is 4. The smallest absolute Gasteiger partial charge is 0.416 e. The van der Waals surface area contributed by atoms with Crippen LogP contribution in [-0.2, 0) is 32.2 Å². The average molecular weight is 775 g/mol. The van der Waals surface area contributed by atoms with Crippen LogP contribution in [0, 0.1) is 5.41 Å². The molecule has 1 heterocycles. The standard InChI is InChI=1S/C44H50N6O7/c1-2-28-55-42(52)46-29-37-25-27-49(30-38(35-20-11-5-12-21-35)36-22-13-6-14-23-36)40(51)39(47-37)24-15-26-50(44(54)57-32-34-18-9-4-10-19-34)41(45)48-43(53)56-31-33-16-7-3-8-17-33/h2-14,16-23,37-39,47H,1,15,24-32H2,(H,46,52)(H2,45,48,53)/t37?,39-/m0/s1. The highest BCUT2D eigenvalue weighted by molar-refractivity contribution is 5.99. The highest BCUT2D eigenvalue weighted by Crippen LogP contribution is 2.27. The molecule has 5 rings (SSSR count). The van der Waals surface area contributed by atoms with E-state index in [9.17, 15) is 19.2 Å². The zero-order valence-corrected chi connectivity index (χ0v) is 31.9. The van der Waals surface area contributed by atoms with E-state index < -0.39 is 30.3 Å². The molecular formula is C44H50N6O7. The molecule has 298 valence electrons. The van der Waals surface area contributed by atoms with Crippen molar-refractivity contribution in [1.29, 1.82) is 5.41 Å². The molecule has 2 atom stereocenters. The number of nitrogens with zero attached hydrogens (tertiary/aromatic N) is 2. The third-order valence-corrected chi connectivity index (χ3v) is 9.43. The van der Waals surface area contributed by atoms with Crippen LogP contribution in [-0.4, -0.2) is 84.8 Å². The Labute approximate surface area is 333 Å². The van der Waals surface area contributed by atoms with Crippen LogP contribution in [0.5, 0.6) is 0 Å². The van der Waals surface area contributed by atoms with E-state index in [1.54, 1.807) is 12.1 Å². The molecule has 13 nitrogen and oxygen atoms in total. The Morgan fingerprint density at radius 2 is 1.39 bits per heavy atom. The molecule has 1 aliphatic rings. The van der Waals surface area contributed by atoms with Crippen molar-refractivity contribution in [1.82, 2.24) is 25.8 Å². The fourth-order valence-electron chi connectivity index (χ4n) is 6.49. The van der Waals surface area contributed by atoms with Crippen LogP contribution in [0.2, 0.25) is 0 Å². The summed E-state index contributed by atoms with van der Waals surface area (Å²) in [6.45, 7) is 4.59. The Kier molecular flexibility index (Phi) is 16.2. The van der Waals surface area contributed by atoms with Crippen molar-refractivity contribution in [3.8, 4) is 0 Å². The van der Waals surface area contributed by atoms with Gasteiger partial charge in [-0.2, -0.15) is 0 Å². The van der Waals surface area contributed by atoms with Gasteiger partial charge in [-0.05, 0) is 41.5 Å². The van der Waals surface area contributed by atoms with E-state index in [-0.39, 0.29) is 63.6 Å². The largest absolute Gasteiger partial charge is 0.445 e. The molecule has 4 aromatic rings. The molecule has 4 amide bonds. The van der Waals surface area contributed by atoms with E-state index in [1.165, 1.54) is 6.08 Å². The van der Waals surface area contributed by atoms with Crippen molar-refractivity contribution >= 4 is 30.1 Å². The second-order valence-electron chi connectivity index (χ2n) is 13.5. The number of ether oxygens (including phenoxy) is 3. The Morgan fingerprint density at radius 1 is 0.825 bits per heavy atom. The van der Waals surface area contributed by atoms with E-state index >= 15 is 0 Å². The maximum Gasteiger partial charge on any atom is 0.416 e. The number of alkyl carbamates (subject to hydrolysis) is 2. The minimum Gasteiger partial charge on any atom is -0.445 e. The second-order valence-corrected chi connectivity index (χ2v) is 13.5. The molecule has 1 saturated heterocycles. The summed E-state index contributed by atoms with van der Waals surface area (Å²) in [5, 5.41) is 17.2. The van der Waals surface area contributed by atoms with Gasteiger partial charge in [-0.25, -0.2) is 19.3 Å². The Balaban J connectivity index is 1.30. The summed E-state index contributed by atoms with van der Waals surface area (Å²) in [7, 11) is 0. The van der Waals surface area contributed by atoms with E-state index in [1.807, 2.05) is 89.8 Å². The zero-order valence-electron chi connectivity index (χ0n) is 31.9. The van der Waals surface area contributed by atoms with Gasteiger partial charge in [-0.3, -0.25) is 15.5 Å². The number of carbonyl (C=O) groups excluding carboxylic acids is 4. The summed E-state index contributed by atoms with van der Waals surface area (Å²) in [5.74, 6) is -0.746. The molecule has 0 saturated carbocycles. The minimum absolute atomic E-state index is 0.0260. The first-order valence-corrected chi connectivity index (χ1v) is 19.0. The van der Waals surface area contributed by atoms with Crippen molar-refractivity contribution < 1.29 is 33.4 Å². The molecule has 1 fully saturated rings. The molecule has 0 spiro atoms. The van der Waals surface area contributed by atoms with Crippen molar-refractivity contribution in [2.75, 3.05) is 32.8 Å². The summed E-state index contributed by atoms with van der Waals surface area (Å²) < 4.78 is 15.9. The van der Waals surface area contributed by atoms with Crippen LogP contribution in [0.25, 0.3) is 0 Å². The van der Waals surface area contributed by atoms with Gasteiger partial charge >= 0.3 is 18.3 Å². The van der Waals surface area contributed by atoms with Gasteiger partial charge in [-0.15, -0.1) is 0 Å². The number of rotatable bonds is 16. The first kappa shape index (κ1) is 41.7. The van der Waals surface area contributed by atoms with Gasteiger partial charge in [0.15, 0.2) is 0 Å². The van der Waals surface area contributed by atoms with Gasteiger partial charge < -0.3 is 29.7 Å². The normalized spacial score (nSPS) is 15.2. The molecule has 0 aromatic heterocycles. The summed E-state index contributed by atoms with van der Waals surface area (Å²) in [4.78, 5) is 55.8. The van der Waals surface area contributed by atoms with Crippen LogP contribution in [0.3, 0.4) is 0 Å². The number of carbonyl (C=O) groups is 4. The molecule has 0 bridgehead atoms. The molecular weight excluding hydrogens is 725 g/mol. The van der Waals surface area contributed by atoms with Crippen LogP contribution in [0.15, 0.2) is 134 Å². The molecule has 4 aromatic carbocycles. The van der Waals surface area contributed by atoms with Crippen LogP contribution in [0.1, 0.15) is 47.4 Å². The first-order valence-electron chi connectivity index (χ1n) is 19.0. The Morgan fingerprint density at radius 3 is 1.96 bits per heavy atom. The van der Waals surface area contributed by atoms with Gasteiger partial charge in [-0.1, -0.05) is 134 Å². The van der Waals surface area contributed by atoms with E-state index in [4.69, 9.17) is 19.6 Å². The molecule has 0 aliphatic carbocycles. The third kappa shape index (κ3) is 13.4.